The highest BCUT2D eigenvalue weighted by atomic mass is 79.9. The first-order valence-corrected chi connectivity index (χ1v) is 46.1. The number of amides is 2. The first-order valence-electron chi connectivity index (χ1n) is 41.6. The standard InChI is InChI=1S/C31H25F9N6O2.C24H20BrF8N5O.C24H19BrF8N4O3S.C7H7BFNO3.CH2Cl2.CH4/c1-42-29-43-12-21(15-2-3-22(34)20(10-15)28(41)48)24(44-29)16(6-14-7-17(32)11-18(33)8-14)9-19(47)13-46-26-23(25(45-46)27(35)36)30(37,38)4-5-31(26,39)40;1-34-22-35-9-16(25)18(36-22)12(4-11-5-13(26)8-14(27)6-11)7-15(39)10-38-20-17(19(37-38)21(28)29)23(30,31)2-3-24(20,32)33;1-41(39,40)22-34-9-16(25)18(35-22)12(4-11-5-13(26)8-14(27)6-11)7-15(38)10-37-20-17(19(36-37)21(28)29)23(30,31)2-3-24(20,32)33;9-6-2-1-4(8(12)13)3-5(6)7(10)11;2-1-3;/h2-3,7-8,10-12,16,27H,4-6,9,13H2,1H3,(H2,41,48)(H,42,43,44);5-6,8-9,12,21H,2-4,7,10H2,1H3,(H,34,35,36);5-6,8-9,12,21H,2-4,7,10H2,1H3;1-3,12-13H,(H2,10,11);1H2;1H4/t16-;2*12-;;;/m111.../s1. The number of hydrogen-bond acceptors (Lipinski definition) is 20. The lowest BCUT2D eigenvalue weighted by molar-refractivity contribution is -0.122. The van der Waals surface area contributed by atoms with Crippen molar-refractivity contribution in [3.8, 4) is 11.1 Å². The molecule has 782 valence electrons. The van der Waals surface area contributed by atoms with Gasteiger partial charge in [-0.2, -0.15) is 41.6 Å². The van der Waals surface area contributed by atoms with E-state index in [1.54, 1.807) is 0 Å². The van der Waals surface area contributed by atoms with Gasteiger partial charge in [0, 0.05) is 138 Å². The molecule has 0 radical (unpaired) electrons. The second-order valence-electron chi connectivity index (χ2n) is 32.4. The lowest BCUT2D eigenvalue weighted by Gasteiger charge is -2.29. The van der Waals surface area contributed by atoms with E-state index in [0.29, 0.717) is 22.7 Å². The maximum absolute atomic E-state index is 15.0. The molecule has 5 aromatic carbocycles. The van der Waals surface area contributed by atoms with Gasteiger partial charge in [-0.05, 0) is 140 Å². The SMILES string of the molecule is C.CNc1ncc(-c2ccc(F)c(C(N)=O)c2)c([C@@H](CC(=O)Cn2nc(C(F)F)c3c2C(F)(F)CCC3(F)F)Cc2cc(F)cc(F)c2)n1.CNc1ncc(Br)c([C@@H](CC(=O)Cn2nc(C(F)F)c3c2C(F)(F)CCC3(F)F)Cc2cc(F)cc(F)c2)n1.CS(=O)(=O)c1ncc(Br)c([C@@H](CC(=O)Cn2nc(C(F)F)c3c2C(F)(F)CCC3(F)F)Cc2cc(F)cc(F)c2)n1.ClCCl.NC(=O)c1cc(B(O)O)ccc1F. The highest BCUT2D eigenvalue weighted by molar-refractivity contribution is 9.10. The smallest absolute Gasteiger partial charge is 0.423 e. The van der Waals surface area contributed by atoms with Crippen LogP contribution in [0.2, 0.25) is 0 Å². The molecule has 6 aromatic heterocycles. The Hall–Kier alpha value is -11.8. The number of nitrogens with one attached hydrogen (secondary N) is 2. The fourth-order valence-corrected chi connectivity index (χ4v) is 17.4. The summed E-state index contributed by atoms with van der Waals surface area (Å²) < 4.78 is 394. The van der Waals surface area contributed by atoms with Crippen LogP contribution in [0.3, 0.4) is 0 Å². The van der Waals surface area contributed by atoms with Gasteiger partial charge in [-0.25, -0.2) is 126 Å². The van der Waals surface area contributed by atoms with Crippen LogP contribution in [0.1, 0.15) is 208 Å². The van der Waals surface area contributed by atoms with Crippen molar-refractivity contribution in [2.24, 2.45) is 11.5 Å². The van der Waals surface area contributed by atoms with E-state index in [-0.39, 0.29) is 118 Å². The fraction of sp³-hybridized carbons (Fsp3) is 0.364. The largest absolute Gasteiger partial charge is 0.488 e. The molecule has 11 aromatic rings. The summed E-state index contributed by atoms with van der Waals surface area (Å²) in [6.07, 6.45) is -17.3. The van der Waals surface area contributed by atoms with Crippen molar-refractivity contribution in [1.82, 2.24) is 59.2 Å². The van der Waals surface area contributed by atoms with Crippen molar-refractivity contribution in [3.63, 3.8) is 0 Å². The zero-order valence-corrected chi connectivity index (χ0v) is 79.3. The number of anilines is 2. The number of primary amides is 2. The van der Waals surface area contributed by atoms with Gasteiger partial charge in [-0.3, -0.25) is 38.0 Å². The minimum atomic E-state index is -4.06. The number of alkyl halides is 20. The maximum Gasteiger partial charge on any atom is 0.488 e. The Labute approximate surface area is 831 Å². The molecule has 145 heavy (non-hydrogen) atoms. The molecule has 0 bridgehead atoms. The zero-order chi connectivity index (χ0) is 107. The number of carbonyl (C=O) groups is 5. The van der Waals surface area contributed by atoms with Crippen LogP contribution in [0.4, 0.5) is 126 Å². The Morgan fingerprint density at radius 1 is 0.441 bits per heavy atom. The Morgan fingerprint density at radius 3 is 1.06 bits per heavy atom. The van der Waals surface area contributed by atoms with Gasteiger partial charge >= 0.3 is 7.12 Å². The van der Waals surface area contributed by atoms with Crippen molar-refractivity contribution >= 4 is 119 Å². The molecule has 57 heteroatoms. The molecule has 0 saturated carbocycles. The Balaban J connectivity index is 0.000000225. The van der Waals surface area contributed by atoms with Crippen molar-refractivity contribution < 1.29 is 157 Å². The summed E-state index contributed by atoms with van der Waals surface area (Å²) >= 11 is 15.9. The molecule has 3 aliphatic rings. The molecule has 0 aliphatic heterocycles. The lowest BCUT2D eigenvalue weighted by Crippen LogP contribution is -2.33. The van der Waals surface area contributed by atoms with Gasteiger partial charge in [0.2, 0.25) is 26.9 Å². The van der Waals surface area contributed by atoms with Crippen LogP contribution in [0.5, 0.6) is 0 Å². The predicted molar refractivity (Wildman–Crippen MR) is 476 cm³/mol. The van der Waals surface area contributed by atoms with E-state index in [0.717, 1.165) is 79.2 Å². The monoisotopic (exact) mass is 2270 g/mol. The minimum absolute atomic E-state index is 0. The molecule has 3 aliphatic carbocycles. The van der Waals surface area contributed by atoms with Crippen LogP contribution < -0.4 is 27.6 Å². The van der Waals surface area contributed by atoms with Crippen LogP contribution >= 0.6 is 55.1 Å². The van der Waals surface area contributed by atoms with E-state index in [2.05, 4.69) is 87.7 Å². The van der Waals surface area contributed by atoms with E-state index < -0.39 is 304 Å². The highest BCUT2D eigenvalue weighted by Crippen LogP contribution is 2.56. The molecular weight excluding hydrogens is 2190 g/mol. The van der Waals surface area contributed by atoms with Gasteiger partial charge in [-0.1, -0.05) is 19.6 Å². The Morgan fingerprint density at radius 2 is 0.738 bits per heavy atom. The van der Waals surface area contributed by atoms with E-state index in [9.17, 15) is 147 Å². The minimum Gasteiger partial charge on any atom is -0.423 e. The van der Waals surface area contributed by atoms with Gasteiger partial charge in [0.1, 0.15) is 100 Å². The molecule has 0 saturated heterocycles. The van der Waals surface area contributed by atoms with Gasteiger partial charge in [0.25, 0.3) is 66.6 Å². The van der Waals surface area contributed by atoms with Crippen LogP contribution in [-0.2, 0) is 98.7 Å². The van der Waals surface area contributed by atoms with Crippen LogP contribution in [-0.4, -0.2) is 140 Å². The van der Waals surface area contributed by atoms with Crippen LogP contribution in [0.25, 0.3) is 11.1 Å². The first kappa shape index (κ1) is 117. The van der Waals surface area contributed by atoms with Crippen molar-refractivity contribution in [1.29, 1.82) is 0 Å². The average molecular weight is 2270 g/mol. The first-order chi connectivity index (χ1) is 67.0. The normalized spacial score (nSPS) is 15.5. The van der Waals surface area contributed by atoms with Crippen molar-refractivity contribution in [2.45, 2.75) is 182 Å². The number of Topliss-reactive ketones (excluding diaryl/α,β-unsaturated/α-hetero) is 3. The summed E-state index contributed by atoms with van der Waals surface area (Å²) in [5.74, 6) is -39.3. The number of nitrogens with two attached hydrogens (primary N) is 2. The van der Waals surface area contributed by atoms with E-state index in [1.807, 2.05) is 0 Å². The van der Waals surface area contributed by atoms with Gasteiger partial charge < -0.3 is 32.1 Å². The molecule has 0 spiro atoms. The number of aromatic nitrogens is 12. The quantitative estimate of drug-likeness (QED) is 0.0102. The van der Waals surface area contributed by atoms with Crippen molar-refractivity contribution in [2.75, 3.05) is 36.3 Å². The molecule has 2 amide bonds. The molecule has 8 N–H and O–H groups in total. The summed E-state index contributed by atoms with van der Waals surface area (Å²) in [6, 6.07) is 14.1. The molecule has 25 nitrogen and oxygen atoms in total. The molecule has 0 fully saturated rings. The topological polar surface area (TPSA) is 367 Å². The number of fused-ring (bicyclic) bond motifs is 3. The van der Waals surface area contributed by atoms with Crippen molar-refractivity contribution in [3.05, 3.63) is 261 Å². The second kappa shape index (κ2) is 47.3. The third-order valence-electron chi connectivity index (χ3n) is 21.9. The lowest BCUT2D eigenvalue weighted by atomic mass is 9.79. The number of halogens is 30. The molecule has 6 heterocycles. The third kappa shape index (κ3) is 28.5. The predicted octanol–water partition coefficient (Wildman–Crippen LogP) is 20.1. The van der Waals surface area contributed by atoms with Gasteiger partial charge in [0.05, 0.1) is 59.2 Å². The summed E-state index contributed by atoms with van der Waals surface area (Å²) in [5.41, 5.74) is -4.09. The third-order valence-corrected chi connectivity index (χ3v) is 24.0. The summed E-state index contributed by atoms with van der Waals surface area (Å²) in [7, 11) is -2.74. The van der Waals surface area contributed by atoms with Crippen LogP contribution in [0, 0.1) is 46.5 Å². The fourth-order valence-electron chi connectivity index (χ4n) is 15.9. The number of nitrogens with zero attached hydrogens (tertiary/aromatic N) is 12. The zero-order valence-electron chi connectivity index (χ0n) is 73.8. The number of sulfone groups is 1. The van der Waals surface area contributed by atoms with E-state index in [4.69, 9.17) is 44.7 Å². The van der Waals surface area contributed by atoms with Crippen LogP contribution in [0.15, 0.2) is 124 Å². The van der Waals surface area contributed by atoms with Gasteiger partial charge in [0.15, 0.2) is 17.3 Å². The second-order valence-corrected chi connectivity index (χ2v) is 36.8. The number of carbonyl (C=O) groups excluding carboxylic acids is 5. The molecule has 14 rings (SSSR count). The Kier molecular flexibility index (Phi) is 38.1. The number of benzene rings is 5. The number of rotatable bonds is 31. The average Bonchev–Trinajstić information content (AvgIpc) is 1.59. The number of ketones is 3. The molecule has 0 unspecified atom stereocenters. The summed E-state index contributed by atoms with van der Waals surface area (Å²) in [6.45, 7) is -3.29. The molecule has 3 atom stereocenters. The Bertz CT molecular complexity index is 6700. The highest BCUT2D eigenvalue weighted by Gasteiger charge is 2.58. The summed E-state index contributed by atoms with van der Waals surface area (Å²) in [5, 5.41) is 32.2. The maximum atomic E-state index is 15.0. The summed E-state index contributed by atoms with van der Waals surface area (Å²) in [4.78, 5) is 86.7. The van der Waals surface area contributed by atoms with E-state index in [1.165, 1.54) is 32.6 Å². The number of hydrogen-bond donors (Lipinski definition) is 6. The van der Waals surface area contributed by atoms with E-state index >= 15 is 0 Å². The molecular formula is C88H77BBr2Cl2F26N16O9S. The van der Waals surface area contributed by atoms with Gasteiger partial charge in [-0.15, -0.1) is 23.2 Å².